The van der Waals surface area contributed by atoms with E-state index < -0.39 is 35.1 Å². The number of nitrogens with zero attached hydrogens (tertiary/aromatic N) is 3. The number of anilines is 1. The van der Waals surface area contributed by atoms with Crippen molar-refractivity contribution in [3.8, 4) is 0 Å². The number of hydrogen-bond donors (Lipinski definition) is 1. The van der Waals surface area contributed by atoms with Crippen LogP contribution >= 0.6 is 0 Å². The van der Waals surface area contributed by atoms with Crippen molar-refractivity contribution in [3.05, 3.63) is 95.6 Å². The van der Waals surface area contributed by atoms with Crippen LogP contribution in [0.2, 0.25) is 0 Å². The van der Waals surface area contributed by atoms with Crippen LogP contribution in [-0.4, -0.2) is 26.8 Å². The summed E-state index contributed by atoms with van der Waals surface area (Å²) in [6.07, 6.45) is 5.80. The highest BCUT2D eigenvalue weighted by atomic mass is 19.2. The van der Waals surface area contributed by atoms with Gasteiger partial charge in [-0.25, -0.2) is 8.78 Å². The Morgan fingerprint density at radius 1 is 0.966 bits per heavy atom. The van der Waals surface area contributed by atoms with Crippen LogP contribution in [-0.2, 0) is 9.59 Å². The molecule has 1 saturated heterocycles. The molecule has 1 aliphatic rings. The summed E-state index contributed by atoms with van der Waals surface area (Å²) in [5, 5.41) is 10.8. The fourth-order valence-corrected chi connectivity index (χ4v) is 3.25. The van der Waals surface area contributed by atoms with Crippen molar-refractivity contribution in [1.29, 1.82) is 0 Å². The number of ketones is 1. The van der Waals surface area contributed by atoms with Crippen LogP contribution in [0, 0.1) is 11.6 Å². The van der Waals surface area contributed by atoms with E-state index in [-0.39, 0.29) is 16.8 Å². The Morgan fingerprint density at radius 3 is 2.38 bits per heavy atom. The SMILES string of the molecule is O=C1C(=O)N(c2ccc(F)c(F)c2)C(c2cccnc2)/C1=C(\O)c1ccncc1. The van der Waals surface area contributed by atoms with Crippen LogP contribution in [0.3, 0.4) is 0 Å². The van der Waals surface area contributed by atoms with E-state index in [1.807, 2.05) is 0 Å². The first-order chi connectivity index (χ1) is 14.0. The molecule has 1 fully saturated rings. The summed E-state index contributed by atoms with van der Waals surface area (Å²) in [5.74, 6) is -4.56. The van der Waals surface area contributed by atoms with Gasteiger partial charge in [0.05, 0.1) is 11.6 Å². The summed E-state index contributed by atoms with van der Waals surface area (Å²) in [4.78, 5) is 34.5. The molecule has 2 aromatic heterocycles. The average Bonchev–Trinajstić information content (AvgIpc) is 3.02. The van der Waals surface area contributed by atoms with Gasteiger partial charge >= 0.3 is 0 Å². The van der Waals surface area contributed by atoms with Gasteiger partial charge < -0.3 is 5.11 Å². The Bertz CT molecular complexity index is 1130. The highest BCUT2D eigenvalue weighted by molar-refractivity contribution is 6.51. The van der Waals surface area contributed by atoms with Crippen molar-refractivity contribution < 1.29 is 23.5 Å². The molecule has 1 aromatic carbocycles. The molecular formula is C21H13F2N3O3. The summed E-state index contributed by atoms with van der Waals surface area (Å²) < 4.78 is 27.2. The molecule has 0 bridgehead atoms. The number of pyridine rings is 2. The molecule has 0 saturated carbocycles. The number of aliphatic hydroxyl groups is 1. The van der Waals surface area contributed by atoms with Crippen LogP contribution in [0.4, 0.5) is 14.5 Å². The van der Waals surface area contributed by atoms with Crippen molar-refractivity contribution in [2.45, 2.75) is 6.04 Å². The summed E-state index contributed by atoms with van der Waals surface area (Å²) in [6, 6.07) is 8.02. The van der Waals surface area contributed by atoms with Gasteiger partial charge in [0.25, 0.3) is 11.7 Å². The van der Waals surface area contributed by atoms with Crippen LogP contribution < -0.4 is 4.90 Å². The number of amides is 1. The smallest absolute Gasteiger partial charge is 0.300 e. The second-order valence-electron chi connectivity index (χ2n) is 6.29. The summed E-state index contributed by atoms with van der Waals surface area (Å²) in [6.45, 7) is 0. The minimum absolute atomic E-state index is 0.0198. The molecule has 1 aliphatic heterocycles. The lowest BCUT2D eigenvalue weighted by atomic mass is 9.96. The van der Waals surface area contributed by atoms with E-state index in [1.54, 1.807) is 12.1 Å². The van der Waals surface area contributed by atoms with Gasteiger partial charge in [0.15, 0.2) is 11.6 Å². The van der Waals surface area contributed by atoms with Gasteiger partial charge in [0.1, 0.15) is 5.76 Å². The molecule has 29 heavy (non-hydrogen) atoms. The molecule has 3 heterocycles. The number of aromatic nitrogens is 2. The number of Topliss-reactive ketones (excluding diaryl/α,β-unsaturated/α-hetero) is 1. The number of carbonyl (C=O) groups excluding carboxylic acids is 2. The van der Waals surface area contributed by atoms with Gasteiger partial charge in [-0.3, -0.25) is 24.5 Å². The molecule has 6 nitrogen and oxygen atoms in total. The first kappa shape index (κ1) is 18.4. The van der Waals surface area contributed by atoms with Crippen LogP contribution in [0.15, 0.2) is 72.8 Å². The number of benzene rings is 1. The normalized spacial score (nSPS) is 18.3. The number of rotatable bonds is 3. The number of hydrogen-bond acceptors (Lipinski definition) is 5. The van der Waals surface area contributed by atoms with E-state index in [0.717, 1.165) is 17.0 Å². The summed E-state index contributed by atoms with van der Waals surface area (Å²) in [7, 11) is 0. The minimum atomic E-state index is -1.16. The van der Waals surface area contributed by atoms with Crippen LogP contribution in [0.5, 0.6) is 0 Å². The zero-order valence-corrected chi connectivity index (χ0v) is 14.8. The van der Waals surface area contributed by atoms with Gasteiger partial charge in [0.2, 0.25) is 0 Å². The molecule has 4 rings (SSSR count). The fourth-order valence-electron chi connectivity index (χ4n) is 3.25. The summed E-state index contributed by atoms with van der Waals surface area (Å²) in [5.41, 5.74) is 0.511. The third kappa shape index (κ3) is 3.14. The highest BCUT2D eigenvalue weighted by Crippen LogP contribution is 2.42. The molecule has 8 heteroatoms. The van der Waals surface area contributed by atoms with E-state index in [9.17, 15) is 23.5 Å². The van der Waals surface area contributed by atoms with E-state index in [2.05, 4.69) is 9.97 Å². The van der Waals surface area contributed by atoms with E-state index in [4.69, 9.17) is 0 Å². The maximum Gasteiger partial charge on any atom is 0.300 e. The second kappa shape index (κ2) is 7.23. The maximum atomic E-state index is 13.8. The number of carbonyl (C=O) groups is 2. The van der Waals surface area contributed by atoms with Gasteiger partial charge in [-0.15, -0.1) is 0 Å². The lowest BCUT2D eigenvalue weighted by molar-refractivity contribution is -0.132. The topological polar surface area (TPSA) is 83.4 Å². The van der Waals surface area contributed by atoms with Gasteiger partial charge in [0, 0.05) is 42.1 Å². The average molecular weight is 393 g/mol. The molecule has 3 aromatic rings. The van der Waals surface area contributed by atoms with Gasteiger partial charge in [-0.2, -0.15) is 0 Å². The monoisotopic (exact) mass is 393 g/mol. The molecule has 1 atom stereocenters. The van der Waals surface area contributed by atoms with Gasteiger partial charge in [-0.1, -0.05) is 6.07 Å². The molecule has 1 unspecified atom stereocenters. The third-order valence-electron chi connectivity index (χ3n) is 4.58. The lowest BCUT2D eigenvalue weighted by Crippen LogP contribution is -2.29. The Kier molecular flexibility index (Phi) is 4.59. The Morgan fingerprint density at radius 2 is 1.72 bits per heavy atom. The van der Waals surface area contributed by atoms with Crippen molar-refractivity contribution in [1.82, 2.24) is 9.97 Å². The quantitative estimate of drug-likeness (QED) is 0.419. The van der Waals surface area contributed by atoms with E-state index in [0.29, 0.717) is 5.56 Å². The predicted octanol–water partition coefficient (Wildman–Crippen LogP) is 3.38. The van der Waals surface area contributed by atoms with E-state index in [1.165, 1.54) is 43.0 Å². The Balaban J connectivity index is 1.95. The largest absolute Gasteiger partial charge is 0.507 e. The molecule has 1 N–H and O–H groups in total. The Labute approximate surface area is 163 Å². The number of aliphatic hydroxyl groups excluding tert-OH is 1. The molecule has 0 radical (unpaired) electrons. The minimum Gasteiger partial charge on any atom is -0.507 e. The predicted molar refractivity (Wildman–Crippen MR) is 99.6 cm³/mol. The Hall–Kier alpha value is -3.94. The first-order valence-corrected chi connectivity index (χ1v) is 8.55. The molecule has 144 valence electrons. The summed E-state index contributed by atoms with van der Waals surface area (Å²) >= 11 is 0. The zero-order valence-electron chi connectivity index (χ0n) is 14.8. The van der Waals surface area contributed by atoms with Crippen molar-refractivity contribution in [2.24, 2.45) is 0 Å². The van der Waals surface area contributed by atoms with Crippen molar-refractivity contribution in [3.63, 3.8) is 0 Å². The molecule has 0 spiro atoms. The maximum absolute atomic E-state index is 13.8. The third-order valence-corrected chi connectivity index (χ3v) is 4.58. The van der Waals surface area contributed by atoms with Gasteiger partial charge in [-0.05, 0) is 35.9 Å². The molecule has 0 aliphatic carbocycles. The zero-order chi connectivity index (χ0) is 20.5. The van der Waals surface area contributed by atoms with Crippen molar-refractivity contribution in [2.75, 3.05) is 4.90 Å². The molecular weight excluding hydrogens is 380 g/mol. The van der Waals surface area contributed by atoms with Crippen molar-refractivity contribution >= 4 is 23.1 Å². The lowest BCUT2D eigenvalue weighted by Gasteiger charge is -2.25. The second-order valence-corrected chi connectivity index (χ2v) is 6.29. The standard InChI is InChI=1S/C21H13F2N3O3/c22-15-4-3-14(10-16(15)23)26-18(13-2-1-7-25-11-13)17(20(28)21(26)29)19(27)12-5-8-24-9-6-12/h1-11,18,27H/b19-17+. The highest BCUT2D eigenvalue weighted by Gasteiger charge is 2.47. The first-order valence-electron chi connectivity index (χ1n) is 8.55. The van der Waals surface area contributed by atoms with E-state index >= 15 is 0 Å². The van der Waals surface area contributed by atoms with Crippen LogP contribution in [0.1, 0.15) is 17.2 Å². The molecule has 1 amide bonds. The van der Waals surface area contributed by atoms with Crippen LogP contribution in [0.25, 0.3) is 5.76 Å². The fraction of sp³-hybridized carbons (Fsp3) is 0.0476. The number of halogens is 2.